The number of nitrogens with zero attached hydrogens (tertiary/aromatic N) is 1. The number of amides is 3. The summed E-state index contributed by atoms with van der Waals surface area (Å²) in [7, 11) is 0. The van der Waals surface area contributed by atoms with Gasteiger partial charge in [-0.3, -0.25) is 14.4 Å². The van der Waals surface area contributed by atoms with Crippen LogP contribution in [-0.4, -0.2) is 64.2 Å². The van der Waals surface area contributed by atoms with E-state index >= 15 is 0 Å². The van der Waals surface area contributed by atoms with Crippen LogP contribution < -0.4 is 5.32 Å². The molecular weight excluding hydrogens is 440 g/mol. The van der Waals surface area contributed by atoms with Crippen molar-refractivity contribution in [2.45, 2.75) is 97.5 Å². The van der Waals surface area contributed by atoms with Crippen molar-refractivity contribution < 1.29 is 47.8 Å². The Kier molecular flexibility index (Phi) is 9.37. The number of esters is 2. The van der Waals surface area contributed by atoms with Gasteiger partial charge in [-0.15, -0.1) is 5.06 Å². The number of hydroxylamine groups is 2. The number of carbonyl (C=O) groups excluding carboxylic acids is 6. The standard InChI is InChI=1S/C21H32N2O10/c1-12(17(27)33-23-14(24)9-10-15(23)25)30-18(28)13(22-19(29)32-21(5,6)7)8-11-16(26)31-20(2,3)4/h12-13H,8-11H2,1-7H3,(H,22,29). The molecule has 2 unspecified atom stereocenters. The van der Waals surface area contributed by atoms with Gasteiger partial charge in [0.2, 0.25) is 0 Å². The second kappa shape index (κ2) is 11.1. The van der Waals surface area contributed by atoms with Crippen molar-refractivity contribution in [2.75, 3.05) is 0 Å². The van der Waals surface area contributed by atoms with E-state index in [0.29, 0.717) is 5.06 Å². The average molecular weight is 472 g/mol. The van der Waals surface area contributed by atoms with Crippen LogP contribution in [0.4, 0.5) is 4.79 Å². The summed E-state index contributed by atoms with van der Waals surface area (Å²) in [6.45, 7) is 11.1. The van der Waals surface area contributed by atoms with Crippen molar-refractivity contribution in [2.24, 2.45) is 0 Å². The Morgan fingerprint density at radius 1 is 0.909 bits per heavy atom. The molecule has 0 spiro atoms. The highest BCUT2D eigenvalue weighted by Crippen LogP contribution is 2.15. The summed E-state index contributed by atoms with van der Waals surface area (Å²) < 4.78 is 15.3. The lowest BCUT2D eigenvalue weighted by atomic mass is 10.1. The van der Waals surface area contributed by atoms with Crippen molar-refractivity contribution in [3.8, 4) is 0 Å². The number of hydrogen-bond acceptors (Lipinski definition) is 10. The predicted octanol–water partition coefficient (Wildman–Crippen LogP) is 1.54. The van der Waals surface area contributed by atoms with Gasteiger partial charge >= 0.3 is 24.0 Å². The number of alkyl carbamates (subject to hydrolysis) is 1. The van der Waals surface area contributed by atoms with Crippen LogP contribution in [0.15, 0.2) is 0 Å². The molecule has 0 bridgehead atoms. The Labute approximate surface area is 192 Å². The fraction of sp³-hybridized carbons (Fsp3) is 0.714. The van der Waals surface area contributed by atoms with E-state index in [1.165, 1.54) is 6.92 Å². The van der Waals surface area contributed by atoms with Crippen LogP contribution in [0.2, 0.25) is 0 Å². The molecule has 0 saturated carbocycles. The van der Waals surface area contributed by atoms with Gasteiger partial charge in [-0.2, -0.15) is 0 Å². The molecule has 12 heteroatoms. The summed E-state index contributed by atoms with van der Waals surface area (Å²) in [5, 5.41) is 2.63. The van der Waals surface area contributed by atoms with Gasteiger partial charge in [0.15, 0.2) is 6.10 Å². The number of hydrogen-bond donors (Lipinski definition) is 1. The van der Waals surface area contributed by atoms with Crippen LogP contribution in [0.25, 0.3) is 0 Å². The molecule has 1 saturated heterocycles. The monoisotopic (exact) mass is 472 g/mol. The van der Waals surface area contributed by atoms with Crippen molar-refractivity contribution in [1.29, 1.82) is 0 Å². The van der Waals surface area contributed by atoms with Crippen LogP contribution in [0.5, 0.6) is 0 Å². The van der Waals surface area contributed by atoms with E-state index in [9.17, 15) is 28.8 Å². The van der Waals surface area contributed by atoms with E-state index in [1.54, 1.807) is 41.5 Å². The van der Waals surface area contributed by atoms with Gasteiger partial charge < -0.3 is 24.4 Å². The topological polar surface area (TPSA) is 155 Å². The van der Waals surface area contributed by atoms with Gasteiger partial charge in [-0.25, -0.2) is 14.4 Å². The lowest BCUT2D eigenvalue weighted by Crippen LogP contribution is -2.46. The first-order valence-corrected chi connectivity index (χ1v) is 10.5. The van der Waals surface area contributed by atoms with Crippen molar-refractivity contribution in [3.63, 3.8) is 0 Å². The summed E-state index contributed by atoms with van der Waals surface area (Å²) in [5.74, 6) is -4.18. The number of nitrogens with one attached hydrogen (secondary N) is 1. The number of carbonyl (C=O) groups is 6. The van der Waals surface area contributed by atoms with Crippen molar-refractivity contribution in [3.05, 3.63) is 0 Å². The zero-order chi connectivity index (χ0) is 25.6. The SMILES string of the molecule is CC(OC(=O)C(CCC(=O)OC(C)(C)C)NC(=O)OC(C)(C)C)C(=O)ON1C(=O)CCC1=O. The first kappa shape index (κ1) is 27.9. The second-order valence-corrected chi connectivity index (χ2v) is 9.40. The van der Waals surface area contributed by atoms with E-state index in [1.807, 2.05) is 0 Å². The molecule has 33 heavy (non-hydrogen) atoms. The summed E-state index contributed by atoms with van der Waals surface area (Å²) in [6.07, 6.45) is -3.06. The van der Waals surface area contributed by atoms with E-state index in [2.05, 4.69) is 5.32 Å². The summed E-state index contributed by atoms with van der Waals surface area (Å²) >= 11 is 0. The molecule has 0 aromatic carbocycles. The second-order valence-electron chi connectivity index (χ2n) is 9.40. The van der Waals surface area contributed by atoms with Gasteiger partial charge in [0.25, 0.3) is 11.8 Å². The zero-order valence-corrected chi connectivity index (χ0v) is 20.0. The number of ether oxygens (including phenoxy) is 3. The molecular formula is C21H32N2O10. The van der Waals surface area contributed by atoms with E-state index < -0.39 is 59.2 Å². The fourth-order valence-corrected chi connectivity index (χ4v) is 2.48. The van der Waals surface area contributed by atoms with Crippen LogP contribution in [-0.2, 0) is 43.0 Å². The van der Waals surface area contributed by atoms with Crippen LogP contribution in [0, 0.1) is 0 Å². The first-order valence-electron chi connectivity index (χ1n) is 10.5. The summed E-state index contributed by atoms with van der Waals surface area (Å²) in [5.41, 5.74) is -1.59. The van der Waals surface area contributed by atoms with E-state index in [0.717, 1.165) is 0 Å². The lowest BCUT2D eigenvalue weighted by Gasteiger charge is -2.24. The van der Waals surface area contributed by atoms with Gasteiger partial charge in [-0.05, 0) is 54.9 Å². The van der Waals surface area contributed by atoms with Gasteiger partial charge in [0, 0.05) is 19.3 Å². The van der Waals surface area contributed by atoms with Crippen LogP contribution in [0.3, 0.4) is 0 Å². The third-order valence-corrected chi connectivity index (χ3v) is 3.84. The Hall–Kier alpha value is -3.18. The molecule has 2 atom stereocenters. The molecule has 186 valence electrons. The average Bonchev–Trinajstić information content (AvgIpc) is 2.93. The molecule has 1 N–H and O–H groups in total. The van der Waals surface area contributed by atoms with E-state index in [-0.39, 0.29) is 25.7 Å². The Morgan fingerprint density at radius 2 is 1.42 bits per heavy atom. The summed E-state index contributed by atoms with van der Waals surface area (Å²) in [6, 6.07) is -1.35. The third kappa shape index (κ3) is 10.3. The van der Waals surface area contributed by atoms with Crippen LogP contribution >= 0.6 is 0 Å². The minimum absolute atomic E-state index is 0.0904. The largest absolute Gasteiger partial charge is 0.460 e. The highest BCUT2D eigenvalue weighted by atomic mass is 16.7. The fourth-order valence-electron chi connectivity index (χ4n) is 2.48. The maximum Gasteiger partial charge on any atom is 0.408 e. The van der Waals surface area contributed by atoms with Crippen LogP contribution in [0.1, 0.15) is 74.1 Å². The Morgan fingerprint density at radius 3 is 1.91 bits per heavy atom. The molecule has 0 aromatic heterocycles. The smallest absolute Gasteiger partial charge is 0.408 e. The zero-order valence-electron chi connectivity index (χ0n) is 20.0. The maximum absolute atomic E-state index is 12.6. The Bertz CT molecular complexity index is 778. The molecule has 1 aliphatic heterocycles. The molecule has 3 amide bonds. The minimum atomic E-state index is -1.51. The molecule has 0 radical (unpaired) electrons. The van der Waals surface area contributed by atoms with Gasteiger partial charge in [-0.1, -0.05) is 0 Å². The quantitative estimate of drug-likeness (QED) is 0.312. The molecule has 1 fully saturated rings. The first-order chi connectivity index (χ1) is 15.0. The predicted molar refractivity (Wildman–Crippen MR) is 111 cm³/mol. The Balaban J connectivity index is 2.80. The van der Waals surface area contributed by atoms with Gasteiger partial charge in [0.1, 0.15) is 17.2 Å². The van der Waals surface area contributed by atoms with E-state index in [4.69, 9.17) is 19.0 Å². The third-order valence-electron chi connectivity index (χ3n) is 3.84. The molecule has 0 aromatic rings. The number of rotatable bonds is 8. The molecule has 0 aliphatic carbocycles. The highest BCUT2D eigenvalue weighted by molar-refractivity contribution is 6.01. The van der Waals surface area contributed by atoms with Crippen molar-refractivity contribution in [1.82, 2.24) is 10.4 Å². The molecule has 1 heterocycles. The van der Waals surface area contributed by atoms with Gasteiger partial charge in [0.05, 0.1) is 0 Å². The highest BCUT2D eigenvalue weighted by Gasteiger charge is 2.36. The molecule has 12 nitrogen and oxygen atoms in total. The molecule has 1 rings (SSSR count). The minimum Gasteiger partial charge on any atom is -0.460 e. The summed E-state index contributed by atoms with van der Waals surface area (Å²) in [4.78, 5) is 76.8. The normalized spacial score (nSPS) is 16.0. The number of imide groups is 1. The molecule has 1 aliphatic rings. The maximum atomic E-state index is 12.6. The lowest BCUT2D eigenvalue weighted by molar-refractivity contribution is -0.205. The van der Waals surface area contributed by atoms with Crippen molar-refractivity contribution >= 4 is 35.8 Å².